The summed E-state index contributed by atoms with van der Waals surface area (Å²) in [6.45, 7) is 5.34. The third-order valence-electron chi connectivity index (χ3n) is 2.46. The second-order valence-corrected chi connectivity index (χ2v) is 5.61. The summed E-state index contributed by atoms with van der Waals surface area (Å²) < 4.78 is 0.825. The molecule has 1 N–H and O–H groups in total. The highest BCUT2D eigenvalue weighted by Gasteiger charge is 2.09. The zero-order chi connectivity index (χ0) is 12.1. The first-order chi connectivity index (χ1) is 7.56. The number of nitrogens with one attached hydrogen (secondary N) is 1. The smallest absolute Gasteiger partial charge is 0.0835 e. The minimum atomic E-state index is 0.565. The van der Waals surface area contributed by atoms with Crippen molar-refractivity contribution < 1.29 is 0 Å². The lowest BCUT2D eigenvalue weighted by atomic mass is 10.1. The van der Waals surface area contributed by atoms with E-state index in [1.54, 1.807) is 0 Å². The molecule has 1 aromatic carbocycles. The molecule has 1 atom stereocenters. The Morgan fingerprint density at radius 2 is 2.00 bits per heavy atom. The van der Waals surface area contributed by atoms with Gasteiger partial charge in [0, 0.05) is 11.0 Å². The molecule has 0 aliphatic rings. The van der Waals surface area contributed by atoms with Gasteiger partial charge in [-0.3, -0.25) is 0 Å². The number of hydrogen-bond acceptors (Lipinski definition) is 1. The quantitative estimate of drug-likeness (QED) is 0.695. The number of benzene rings is 1. The Balaban J connectivity index is 2.64. The van der Waals surface area contributed by atoms with Gasteiger partial charge in [-0.25, -0.2) is 0 Å². The largest absolute Gasteiger partial charge is 0.384 e. The molecule has 1 nitrogen and oxygen atoms in total. The second-order valence-electron chi connectivity index (χ2n) is 4.00. The van der Waals surface area contributed by atoms with Crippen molar-refractivity contribution in [1.29, 1.82) is 0 Å². The molecular formula is C12H16BrCl2N. The van der Waals surface area contributed by atoms with Gasteiger partial charge in [0.2, 0.25) is 0 Å². The number of halogens is 3. The van der Waals surface area contributed by atoms with Crippen LogP contribution in [-0.2, 0) is 0 Å². The van der Waals surface area contributed by atoms with Crippen LogP contribution in [0.2, 0.25) is 10.0 Å². The highest BCUT2D eigenvalue weighted by molar-refractivity contribution is 9.10. The van der Waals surface area contributed by atoms with Crippen molar-refractivity contribution in [1.82, 2.24) is 0 Å². The molecule has 0 fully saturated rings. The van der Waals surface area contributed by atoms with E-state index in [2.05, 4.69) is 35.1 Å². The van der Waals surface area contributed by atoms with Crippen molar-refractivity contribution in [3.8, 4) is 0 Å². The first-order valence-electron chi connectivity index (χ1n) is 5.43. The molecule has 90 valence electrons. The van der Waals surface area contributed by atoms with Crippen molar-refractivity contribution in [3.05, 3.63) is 26.7 Å². The number of hydrogen-bond donors (Lipinski definition) is 1. The fourth-order valence-corrected chi connectivity index (χ4v) is 2.38. The third kappa shape index (κ3) is 3.83. The van der Waals surface area contributed by atoms with E-state index < -0.39 is 0 Å². The molecule has 0 heterocycles. The molecule has 0 aliphatic heterocycles. The van der Waals surface area contributed by atoms with E-state index in [-0.39, 0.29) is 0 Å². The zero-order valence-corrected chi connectivity index (χ0v) is 12.6. The van der Waals surface area contributed by atoms with Crippen molar-refractivity contribution >= 4 is 44.8 Å². The Morgan fingerprint density at radius 1 is 1.31 bits per heavy atom. The summed E-state index contributed by atoms with van der Waals surface area (Å²) >= 11 is 15.5. The molecule has 0 amide bonds. The SMILES string of the molecule is CCCC(C)CNc1ccc(Br)c(Cl)c1Cl. The molecule has 0 aliphatic carbocycles. The summed E-state index contributed by atoms with van der Waals surface area (Å²) in [5.74, 6) is 0.642. The highest BCUT2D eigenvalue weighted by atomic mass is 79.9. The van der Waals surface area contributed by atoms with Crippen molar-refractivity contribution in [2.75, 3.05) is 11.9 Å². The van der Waals surface area contributed by atoms with Crippen molar-refractivity contribution in [3.63, 3.8) is 0 Å². The van der Waals surface area contributed by atoms with Gasteiger partial charge in [-0.05, 0) is 40.4 Å². The maximum Gasteiger partial charge on any atom is 0.0835 e. The summed E-state index contributed by atoms with van der Waals surface area (Å²) in [4.78, 5) is 0. The lowest BCUT2D eigenvalue weighted by Crippen LogP contribution is -2.11. The summed E-state index contributed by atoms with van der Waals surface area (Å²) in [5, 5.41) is 4.48. The maximum atomic E-state index is 6.13. The molecule has 4 heteroatoms. The van der Waals surface area contributed by atoms with Crippen LogP contribution in [0.1, 0.15) is 26.7 Å². The van der Waals surface area contributed by atoms with Crippen LogP contribution in [0, 0.1) is 5.92 Å². The van der Waals surface area contributed by atoms with E-state index in [0.29, 0.717) is 16.0 Å². The molecule has 16 heavy (non-hydrogen) atoms. The molecule has 0 radical (unpaired) electrons. The molecule has 1 aromatic rings. The van der Waals surface area contributed by atoms with Crippen molar-refractivity contribution in [2.24, 2.45) is 5.92 Å². The van der Waals surface area contributed by atoms with Gasteiger partial charge in [-0.2, -0.15) is 0 Å². The van der Waals surface area contributed by atoms with Gasteiger partial charge in [0.15, 0.2) is 0 Å². The average molecular weight is 325 g/mol. The van der Waals surface area contributed by atoms with Gasteiger partial charge in [0.05, 0.1) is 15.7 Å². The van der Waals surface area contributed by atoms with E-state index in [9.17, 15) is 0 Å². The molecule has 1 rings (SSSR count). The van der Waals surface area contributed by atoms with E-state index in [0.717, 1.165) is 16.7 Å². The van der Waals surface area contributed by atoms with Gasteiger partial charge >= 0.3 is 0 Å². The van der Waals surface area contributed by atoms with Crippen LogP contribution in [0.25, 0.3) is 0 Å². The lowest BCUT2D eigenvalue weighted by Gasteiger charge is -2.14. The van der Waals surface area contributed by atoms with Crippen LogP contribution in [-0.4, -0.2) is 6.54 Å². The fraction of sp³-hybridized carbons (Fsp3) is 0.500. The standard InChI is InChI=1S/C12H16BrCl2N/c1-3-4-8(2)7-16-10-6-5-9(13)11(14)12(10)15/h5-6,8,16H,3-4,7H2,1-2H3. The fourth-order valence-electron chi connectivity index (χ4n) is 1.54. The zero-order valence-electron chi connectivity index (χ0n) is 9.49. The van der Waals surface area contributed by atoms with E-state index in [1.165, 1.54) is 12.8 Å². The van der Waals surface area contributed by atoms with Crippen LogP contribution in [0.15, 0.2) is 16.6 Å². The highest BCUT2D eigenvalue weighted by Crippen LogP contribution is 2.35. The van der Waals surface area contributed by atoms with E-state index in [1.807, 2.05) is 12.1 Å². The van der Waals surface area contributed by atoms with Crippen molar-refractivity contribution in [2.45, 2.75) is 26.7 Å². The Bertz CT molecular complexity index is 355. The van der Waals surface area contributed by atoms with Crippen LogP contribution in [0.3, 0.4) is 0 Å². The number of rotatable bonds is 5. The predicted octanol–water partition coefficient (Wildman–Crippen LogP) is 5.60. The topological polar surface area (TPSA) is 12.0 Å². The summed E-state index contributed by atoms with van der Waals surface area (Å²) in [5.41, 5.74) is 0.901. The summed E-state index contributed by atoms with van der Waals surface area (Å²) in [6, 6.07) is 3.85. The van der Waals surface area contributed by atoms with Gasteiger partial charge in [0.25, 0.3) is 0 Å². The lowest BCUT2D eigenvalue weighted by molar-refractivity contribution is 0.551. The maximum absolute atomic E-state index is 6.13. The van der Waals surface area contributed by atoms with Gasteiger partial charge in [0.1, 0.15) is 0 Å². The predicted molar refractivity (Wildman–Crippen MR) is 76.7 cm³/mol. The monoisotopic (exact) mass is 323 g/mol. The van der Waals surface area contributed by atoms with Crippen LogP contribution in [0.5, 0.6) is 0 Å². The van der Waals surface area contributed by atoms with Gasteiger partial charge in [-0.1, -0.05) is 43.5 Å². The van der Waals surface area contributed by atoms with Crippen LogP contribution in [0.4, 0.5) is 5.69 Å². The van der Waals surface area contributed by atoms with Gasteiger partial charge in [-0.15, -0.1) is 0 Å². The molecule has 0 spiro atoms. The minimum Gasteiger partial charge on any atom is -0.384 e. The van der Waals surface area contributed by atoms with Gasteiger partial charge < -0.3 is 5.32 Å². The number of anilines is 1. The normalized spacial score (nSPS) is 12.6. The first kappa shape index (κ1) is 14.1. The minimum absolute atomic E-state index is 0.565. The summed E-state index contributed by atoms with van der Waals surface area (Å²) in [7, 11) is 0. The average Bonchev–Trinajstić information content (AvgIpc) is 2.25. The first-order valence-corrected chi connectivity index (χ1v) is 6.98. The van der Waals surface area contributed by atoms with Crippen LogP contribution >= 0.6 is 39.1 Å². The van der Waals surface area contributed by atoms with E-state index in [4.69, 9.17) is 23.2 Å². The second kappa shape index (κ2) is 6.73. The Labute approximate surface area is 116 Å². The Kier molecular flexibility index (Phi) is 5.95. The molecule has 0 saturated carbocycles. The molecular weight excluding hydrogens is 309 g/mol. The molecule has 0 saturated heterocycles. The Hall–Kier alpha value is 0.0800. The van der Waals surface area contributed by atoms with Crippen LogP contribution < -0.4 is 5.32 Å². The Morgan fingerprint density at radius 3 is 2.62 bits per heavy atom. The third-order valence-corrected chi connectivity index (χ3v) is 4.23. The van der Waals surface area contributed by atoms with E-state index >= 15 is 0 Å². The molecule has 0 aromatic heterocycles. The summed E-state index contributed by atoms with van der Waals surface area (Å²) in [6.07, 6.45) is 2.42. The molecule has 1 unspecified atom stereocenters. The molecule has 0 bridgehead atoms.